The van der Waals surface area contributed by atoms with Gasteiger partial charge >= 0.3 is 0 Å². The molecule has 0 aliphatic heterocycles. The largest absolute Gasteiger partial charge is 0.411 e. The van der Waals surface area contributed by atoms with Crippen LogP contribution in [0.3, 0.4) is 0 Å². The lowest BCUT2D eigenvalue weighted by Crippen LogP contribution is -2.12. The van der Waals surface area contributed by atoms with Gasteiger partial charge in [0.05, 0.1) is 5.71 Å². The van der Waals surface area contributed by atoms with Crippen LogP contribution in [0.2, 0.25) is 5.02 Å². The molecular weight excluding hydrogens is 416 g/mol. The molecule has 160 valence electrons. The average molecular weight is 441 g/mol. The summed E-state index contributed by atoms with van der Waals surface area (Å²) in [6.45, 7) is 4.06. The van der Waals surface area contributed by atoms with Crippen LogP contribution in [0.1, 0.15) is 40.3 Å². The Morgan fingerprint density at radius 3 is 2.38 bits per heavy atom. The Bertz CT molecular complexity index is 1250. The molecule has 4 rings (SSSR count). The Kier molecular flexibility index (Phi) is 6.67. The second-order valence-corrected chi connectivity index (χ2v) is 8.41. The van der Waals surface area contributed by atoms with Crippen molar-refractivity contribution in [3.63, 3.8) is 0 Å². The van der Waals surface area contributed by atoms with Gasteiger partial charge in [-0.1, -0.05) is 77.4 Å². The fourth-order valence-corrected chi connectivity index (χ4v) is 4.29. The van der Waals surface area contributed by atoms with E-state index in [0.717, 1.165) is 33.0 Å². The van der Waals surface area contributed by atoms with Gasteiger partial charge in [-0.2, -0.15) is 0 Å². The van der Waals surface area contributed by atoms with E-state index in [2.05, 4.69) is 65.6 Å². The smallest absolute Gasteiger partial charge is 0.0878 e. The van der Waals surface area contributed by atoms with Crippen molar-refractivity contribution in [2.45, 2.75) is 26.2 Å². The number of hydrogen-bond acceptors (Lipinski definition) is 3. The van der Waals surface area contributed by atoms with Crippen molar-refractivity contribution in [1.29, 1.82) is 0 Å². The minimum atomic E-state index is 0.0454. The number of rotatable bonds is 6. The maximum Gasteiger partial charge on any atom is 0.0878 e. The van der Waals surface area contributed by atoms with Crippen LogP contribution in [0.4, 0.5) is 0 Å². The van der Waals surface area contributed by atoms with Crippen molar-refractivity contribution in [1.82, 2.24) is 4.98 Å². The van der Waals surface area contributed by atoms with Crippen molar-refractivity contribution in [3.05, 3.63) is 124 Å². The molecule has 0 spiro atoms. The van der Waals surface area contributed by atoms with E-state index < -0.39 is 0 Å². The number of nitrogens with zero attached hydrogens (tertiary/aromatic N) is 2. The molecule has 0 aliphatic rings. The molecule has 0 fully saturated rings. The number of pyridine rings is 1. The molecule has 0 saturated heterocycles. The van der Waals surface area contributed by atoms with Gasteiger partial charge in [0, 0.05) is 34.8 Å². The molecule has 0 bridgehead atoms. The van der Waals surface area contributed by atoms with E-state index in [0.29, 0.717) is 12.1 Å². The minimum Gasteiger partial charge on any atom is -0.411 e. The third-order valence-corrected chi connectivity index (χ3v) is 6.02. The van der Waals surface area contributed by atoms with Crippen molar-refractivity contribution in [2.75, 3.05) is 0 Å². The standard InChI is InChI=1S/C28H25ClN2O/c1-19-6-3-4-9-26(19)27(18-28(31-32)24-14-15-30-20(2)16-24)22-12-10-21(11-13-22)23-7-5-8-25(29)17-23/h3-17,27,32H,18H2,1-2H3. The van der Waals surface area contributed by atoms with Gasteiger partial charge in [0.25, 0.3) is 0 Å². The van der Waals surface area contributed by atoms with Crippen molar-refractivity contribution >= 4 is 17.3 Å². The van der Waals surface area contributed by atoms with Gasteiger partial charge in [-0.15, -0.1) is 0 Å². The number of hydrogen-bond donors (Lipinski definition) is 1. The van der Waals surface area contributed by atoms with E-state index in [1.807, 2.05) is 43.3 Å². The first-order valence-corrected chi connectivity index (χ1v) is 11.0. The predicted molar refractivity (Wildman–Crippen MR) is 132 cm³/mol. The van der Waals surface area contributed by atoms with Crippen LogP contribution >= 0.6 is 11.6 Å². The van der Waals surface area contributed by atoms with Crippen LogP contribution in [0.25, 0.3) is 11.1 Å². The summed E-state index contributed by atoms with van der Waals surface area (Å²) in [6.07, 6.45) is 2.32. The molecule has 1 heterocycles. The lowest BCUT2D eigenvalue weighted by Gasteiger charge is -2.21. The second-order valence-electron chi connectivity index (χ2n) is 7.98. The molecule has 4 heteroatoms. The topological polar surface area (TPSA) is 45.5 Å². The van der Waals surface area contributed by atoms with Crippen molar-refractivity contribution in [3.8, 4) is 11.1 Å². The first kappa shape index (κ1) is 21.8. The molecule has 3 nitrogen and oxygen atoms in total. The number of oxime groups is 1. The van der Waals surface area contributed by atoms with Crippen molar-refractivity contribution < 1.29 is 5.21 Å². The van der Waals surface area contributed by atoms with Crippen LogP contribution in [0, 0.1) is 13.8 Å². The Morgan fingerprint density at radius 2 is 1.69 bits per heavy atom. The fraction of sp³-hybridized carbons (Fsp3) is 0.143. The highest BCUT2D eigenvalue weighted by Crippen LogP contribution is 2.33. The minimum absolute atomic E-state index is 0.0454. The monoisotopic (exact) mass is 440 g/mol. The molecule has 1 unspecified atom stereocenters. The molecule has 0 radical (unpaired) electrons. The Morgan fingerprint density at radius 1 is 0.906 bits per heavy atom. The number of aryl methyl sites for hydroxylation is 2. The van der Waals surface area contributed by atoms with E-state index >= 15 is 0 Å². The van der Waals surface area contributed by atoms with E-state index in [-0.39, 0.29) is 5.92 Å². The third-order valence-electron chi connectivity index (χ3n) is 5.78. The van der Waals surface area contributed by atoms with E-state index in [4.69, 9.17) is 11.6 Å². The summed E-state index contributed by atoms with van der Waals surface area (Å²) in [4.78, 5) is 4.26. The maximum atomic E-state index is 9.86. The summed E-state index contributed by atoms with van der Waals surface area (Å²) in [5.74, 6) is 0.0454. The van der Waals surface area contributed by atoms with Gasteiger partial charge in [0.1, 0.15) is 0 Å². The van der Waals surface area contributed by atoms with E-state index in [9.17, 15) is 5.21 Å². The molecule has 1 aromatic heterocycles. The molecule has 1 atom stereocenters. The normalized spacial score (nSPS) is 12.5. The Labute approximate surface area is 194 Å². The molecule has 0 amide bonds. The lowest BCUT2D eigenvalue weighted by atomic mass is 9.83. The summed E-state index contributed by atoms with van der Waals surface area (Å²) in [6, 6.07) is 28.6. The lowest BCUT2D eigenvalue weighted by molar-refractivity contribution is 0.317. The van der Waals surface area contributed by atoms with Crippen LogP contribution in [0.5, 0.6) is 0 Å². The molecule has 3 aromatic carbocycles. The third kappa shape index (κ3) is 4.90. The zero-order valence-electron chi connectivity index (χ0n) is 18.2. The highest BCUT2D eigenvalue weighted by Gasteiger charge is 2.20. The Hall–Kier alpha value is -3.43. The SMILES string of the molecule is Cc1cc(C(CC(c2ccc(-c3cccc(Cl)c3)cc2)c2ccccc2C)=NO)ccn1. The van der Waals surface area contributed by atoms with E-state index in [1.165, 1.54) is 11.1 Å². The number of halogens is 1. The summed E-state index contributed by atoms with van der Waals surface area (Å²) >= 11 is 6.18. The molecule has 32 heavy (non-hydrogen) atoms. The van der Waals surface area contributed by atoms with Crippen LogP contribution in [-0.4, -0.2) is 15.9 Å². The molecule has 0 saturated carbocycles. The van der Waals surface area contributed by atoms with Gasteiger partial charge in [-0.25, -0.2) is 0 Å². The fourth-order valence-electron chi connectivity index (χ4n) is 4.10. The number of benzene rings is 3. The summed E-state index contributed by atoms with van der Waals surface area (Å²) in [5, 5.41) is 14.2. The van der Waals surface area contributed by atoms with E-state index in [1.54, 1.807) is 6.20 Å². The number of aromatic nitrogens is 1. The van der Waals surface area contributed by atoms with Gasteiger partial charge < -0.3 is 5.21 Å². The van der Waals surface area contributed by atoms with Crippen LogP contribution in [0.15, 0.2) is 96.3 Å². The second kappa shape index (κ2) is 9.80. The van der Waals surface area contributed by atoms with Gasteiger partial charge in [0.15, 0.2) is 0 Å². The highest BCUT2D eigenvalue weighted by atomic mass is 35.5. The molecular formula is C28H25ClN2O. The Balaban J connectivity index is 1.72. The zero-order chi connectivity index (χ0) is 22.5. The highest BCUT2D eigenvalue weighted by molar-refractivity contribution is 6.30. The average Bonchev–Trinajstić information content (AvgIpc) is 2.81. The molecule has 1 N–H and O–H groups in total. The first-order chi connectivity index (χ1) is 15.5. The van der Waals surface area contributed by atoms with Gasteiger partial charge in [-0.3, -0.25) is 4.98 Å². The van der Waals surface area contributed by atoms with Crippen LogP contribution in [-0.2, 0) is 0 Å². The quantitative estimate of drug-likeness (QED) is 0.192. The first-order valence-electron chi connectivity index (χ1n) is 10.6. The van der Waals surface area contributed by atoms with Gasteiger partial charge in [-0.05, 0) is 65.9 Å². The van der Waals surface area contributed by atoms with Crippen LogP contribution < -0.4 is 0 Å². The molecule has 0 aliphatic carbocycles. The summed E-state index contributed by atoms with van der Waals surface area (Å²) < 4.78 is 0. The predicted octanol–water partition coefficient (Wildman–Crippen LogP) is 7.42. The van der Waals surface area contributed by atoms with Crippen molar-refractivity contribution in [2.24, 2.45) is 5.16 Å². The molecule has 4 aromatic rings. The summed E-state index contributed by atoms with van der Waals surface area (Å²) in [7, 11) is 0. The maximum absolute atomic E-state index is 9.86. The summed E-state index contributed by atoms with van der Waals surface area (Å²) in [5.41, 5.74) is 8.20. The van der Waals surface area contributed by atoms with Gasteiger partial charge in [0.2, 0.25) is 0 Å². The zero-order valence-corrected chi connectivity index (χ0v) is 18.9.